The second-order valence-corrected chi connectivity index (χ2v) is 14.6. The summed E-state index contributed by atoms with van der Waals surface area (Å²) in [5.74, 6) is -2.33. The summed E-state index contributed by atoms with van der Waals surface area (Å²) in [5.41, 5.74) is 2.39. The van der Waals surface area contributed by atoms with Gasteiger partial charge in [-0.2, -0.15) is 11.8 Å². The van der Waals surface area contributed by atoms with Gasteiger partial charge in [0.05, 0.1) is 17.7 Å². The summed E-state index contributed by atoms with van der Waals surface area (Å²) in [6.07, 6.45) is 0.359. The Labute approximate surface area is 247 Å². The predicted octanol–water partition coefficient (Wildman–Crippen LogP) is 5.82. The quantitative estimate of drug-likeness (QED) is 0.221. The minimum atomic E-state index is -3.75. The summed E-state index contributed by atoms with van der Waals surface area (Å²) >= 11 is 2.78. The number of hydrogen-bond acceptors (Lipinski definition) is 6. The SMILES string of the molecule is CN(c1cccc2cc(C(=O)NCC(CN3CCCC(F)(F)C3)SCc3ccccc3)[nH]c12)S(=O)(=O)c1cccs1. The molecule has 1 saturated heterocycles. The van der Waals surface area contributed by atoms with Crippen molar-refractivity contribution < 1.29 is 22.0 Å². The summed E-state index contributed by atoms with van der Waals surface area (Å²) in [4.78, 5) is 18.1. The average molecular weight is 619 g/mol. The summed E-state index contributed by atoms with van der Waals surface area (Å²) in [7, 11) is -2.26. The van der Waals surface area contributed by atoms with Gasteiger partial charge in [-0.3, -0.25) is 14.0 Å². The van der Waals surface area contributed by atoms with E-state index in [1.54, 1.807) is 52.4 Å². The molecule has 0 saturated carbocycles. The Morgan fingerprint density at radius 1 is 1.17 bits per heavy atom. The van der Waals surface area contributed by atoms with Gasteiger partial charge in [-0.1, -0.05) is 48.5 Å². The van der Waals surface area contributed by atoms with E-state index in [1.165, 1.54) is 11.4 Å². The van der Waals surface area contributed by atoms with Gasteiger partial charge in [-0.25, -0.2) is 17.2 Å². The van der Waals surface area contributed by atoms with Gasteiger partial charge in [0.15, 0.2) is 0 Å². The lowest BCUT2D eigenvalue weighted by atomic mass is 10.1. The average Bonchev–Trinajstić information content (AvgIpc) is 3.65. The van der Waals surface area contributed by atoms with Crippen LogP contribution in [0.1, 0.15) is 28.9 Å². The van der Waals surface area contributed by atoms with Gasteiger partial charge in [0.25, 0.3) is 21.9 Å². The number of aromatic amines is 1. The molecule has 41 heavy (non-hydrogen) atoms. The molecule has 5 rings (SSSR count). The molecule has 0 bridgehead atoms. The molecular formula is C29H32F2N4O3S3. The maximum atomic E-state index is 14.1. The number of halogens is 2. The Kier molecular flexibility index (Phi) is 9.03. The van der Waals surface area contributed by atoms with Crippen LogP contribution in [0.25, 0.3) is 10.9 Å². The fraction of sp³-hybridized carbons (Fsp3) is 0.345. The molecule has 1 fully saturated rings. The number of sulfonamides is 1. The molecule has 218 valence electrons. The number of carbonyl (C=O) groups is 1. The highest BCUT2D eigenvalue weighted by atomic mass is 32.2. The second kappa shape index (κ2) is 12.5. The number of likely N-dealkylation sites (tertiary alicyclic amines) is 1. The molecule has 0 aliphatic carbocycles. The predicted molar refractivity (Wildman–Crippen MR) is 163 cm³/mol. The number of rotatable bonds is 11. The van der Waals surface area contributed by atoms with Crippen molar-refractivity contribution in [1.29, 1.82) is 0 Å². The number of para-hydroxylation sites is 1. The van der Waals surface area contributed by atoms with E-state index < -0.39 is 15.9 Å². The first-order valence-corrected chi connectivity index (χ1v) is 16.7. The standard InChI is InChI=1S/C29H32F2N4O3S3/c1-34(41(37,38)26-12-6-15-39-26)25-11-5-10-22-16-24(33-27(22)25)28(36)32-17-23(40-19-21-8-3-2-4-9-21)18-35-14-7-13-29(30,31)20-35/h2-6,8-12,15-16,23,33H,7,13-14,17-20H2,1H3,(H,32,36). The third-order valence-corrected chi connectivity index (χ3v) is 11.5. The minimum absolute atomic E-state index is 0.0890. The first-order chi connectivity index (χ1) is 19.6. The number of amides is 1. The number of alkyl halides is 2. The van der Waals surface area contributed by atoms with Gasteiger partial charge in [0, 0.05) is 42.9 Å². The van der Waals surface area contributed by atoms with Crippen molar-refractivity contribution in [2.75, 3.05) is 37.5 Å². The summed E-state index contributed by atoms with van der Waals surface area (Å²) in [5, 5.41) is 5.28. The topological polar surface area (TPSA) is 85.5 Å². The zero-order chi connectivity index (χ0) is 29.0. The molecule has 1 amide bonds. The van der Waals surface area contributed by atoms with Gasteiger partial charge < -0.3 is 10.3 Å². The zero-order valence-corrected chi connectivity index (χ0v) is 25.0. The molecule has 1 unspecified atom stereocenters. The van der Waals surface area contributed by atoms with E-state index in [0.29, 0.717) is 54.1 Å². The zero-order valence-electron chi connectivity index (χ0n) is 22.6. The third kappa shape index (κ3) is 7.11. The highest BCUT2D eigenvalue weighted by molar-refractivity contribution is 7.99. The monoisotopic (exact) mass is 618 g/mol. The van der Waals surface area contributed by atoms with E-state index >= 15 is 0 Å². The molecule has 2 aromatic carbocycles. The minimum Gasteiger partial charge on any atom is -0.350 e. The Morgan fingerprint density at radius 2 is 1.98 bits per heavy atom. The molecule has 4 aromatic rings. The molecule has 12 heteroatoms. The highest BCUT2D eigenvalue weighted by Gasteiger charge is 2.35. The smallest absolute Gasteiger partial charge is 0.273 e. The molecule has 7 nitrogen and oxygen atoms in total. The molecule has 0 radical (unpaired) electrons. The molecule has 2 N–H and O–H groups in total. The fourth-order valence-electron chi connectivity index (χ4n) is 4.96. The number of fused-ring (bicyclic) bond motifs is 1. The highest BCUT2D eigenvalue weighted by Crippen LogP contribution is 2.32. The van der Waals surface area contributed by atoms with E-state index in [0.717, 1.165) is 16.9 Å². The Hall–Kier alpha value is -2.93. The molecule has 1 aliphatic heterocycles. The van der Waals surface area contributed by atoms with E-state index in [-0.39, 0.29) is 28.3 Å². The van der Waals surface area contributed by atoms with Crippen LogP contribution in [0.15, 0.2) is 76.3 Å². The number of nitrogens with zero attached hydrogens (tertiary/aromatic N) is 2. The van der Waals surface area contributed by atoms with Gasteiger partial charge in [-0.15, -0.1) is 11.3 Å². The van der Waals surface area contributed by atoms with Crippen molar-refractivity contribution in [1.82, 2.24) is 15.2 Å². The number of anilines is 1. The van der Waals surface area contributed by atoms with E-state index in [9.17, 15) is 22.0 Å². The lowest BCUT2D eigenvalue weighted by Crippen LogP contribution is -2.47. The van der Waals surface area contributed by atoms with Crippen LogP contribution in [0.4, 0.5) is 14.5 Å². The summed E-state index contributed by atoms with van der Waals surface area (Å²) in [6, 6.07) is 20.1. The number of piperidine rings is 1. The van der Waals surface area contributed by atoms with Gasteiger partial charge in [0.2, 0.25) is 0 Å². The Bertz CT molecular complexity index is 1580. The first kappa shape index (κ1) is 29.6. The van der Waals surface area contributed by atoms with Crippen LogP contribution in [0, 0.1) is 0 Å². The second-order valence-electron chi connectivity index (χ2n) is 10.2. The number of benzene rings is 2. The normalized spacial score (nSPS) is 16.5. The molecular weight excluding hydrogens is 587 g/mol. The van der Waals surface area contributed by atoms with E-state index in [2.05, 4.69) is 10.3 Å². The van der Waals surface area contributed by atoms with Crippen molar-refractivity contribution in [3.05, 3.63) is 83.4 Å². The molecule has 1 atom stereocenters. The van der Waals surface area contributed by atoms with Gasteiger partial charge in [0.1, 0.15) is 9.90 Å². The van der Waals surface area contributed by atoms with Crippen LogP contribution < -0.4 is 9.62 Å². The van der Waals surface area contributed by atoms with Crippen molar-refractivity contribution in [2.45, 2.75) is 34.0 Å². The van der Waals surface area contributed by atoms with Crippen molar-refractivity contribution in [3.63, 3.8) is 0 Å². The lowest BCUT2D eigenvalue weighted by Gasteiger charge is -2.34. The number of hydrogen-bond donors (Lipinski definition) is 2. The number of H-pyrrole nitrogens is 1. The summed E-state index contributed by atoms with van der Waals surface area (Å²) < 4.78 is 55.8. The lowest BCUT2D eigenvalue weighted by molar-refractivity contribution is -0.0635. The van der Waals surface area contributed by atoms with Crippen LogP contribution >= 0.6 is 23.1 Å². The number of carbonyl (C=O) groups excluding carboxylic acids is 1. The largest absolute Gasteiger partial charge is 0.350 e. The first-order valence-electron chi connectivity index (χ1n) is 13.3. The Balaban J connectivity index is 1.30. The number of thioether (sulfide) groups is 1. The van der Waals surface area contributed by atoms with Crippen LogP contribution in [0.2, 0.25) is 0 Å². The molecule has 2 aromatic heterocycles. The number of aromatic nitrogens is 1. The van der Waals surface area contributed by atoms with Gasteiger partial charge >= 0.3 is 0 Å². The third-order valence-electron chi connectivity index (χ3n) is 7.08. The summed E-state index contributed by atoms with van der Waals surface area (Å²) in [6.45, 7) is 1.08. The number of thiophene rings is 1. The maximum Gasteiger partial charge on any atom is 0.273 e. The van der Waals surface area contributed by atoms with Crippen LogP contribution in [-0.4, -0.2) is 68.6 Å². The fourth-order valence-corrected chi connectivity index (χ4v) is 8.46. The van der Waals surface area contributed by atoms with Crippen LogP contribution in [0.3, 0.4) is 0 Å². The maximum absolute atomic E-state index is 14.1. The molecule has 1 aliphatic rings. The van der Waals surface area contributed by atoms with Crippen molar-refractivity contribution in [2.24, 2.45) is 0 Å². The van der Waals surface area contributed by atoms with E-state index in [4.69, 9.17) is 0 Å². The molecule has 0 spiro atoms. The Morgan fingerprint density at radius 3 is 2.71 bits per heavy atom. The van der Waals surface area contributed by atoms with Crippen LogP contribution in [0.5, 0.6) is 0 Å². The van der Waals surface area contributed by atoms with Crippen LogP contribution in [-0.2, 0) is 15.8 Å². The molecule has 3 heterocycles. The van der Waals surface area contributed by atoms with E-state index in [1.807, 2.05) is 36.4 Å². The number of nitrogens with one attached hydrogen (secondary N) is 2. The van der Waals surface area contributed by atoms with Gasteiger partial charge in [-0.05, 0) is 42.1 Å². The van der Waals surface area contributed by atoms with Crippen molar-refractivity contribution >= 4 is 55.6 Å². The van der Waals surface area contributed by atoms with Crippen molar-refractivity contribution in [3.8, 4) is 0 Å².